The molecular formula is C51H46. The maximum Gasteiger partial charge on any atom is 0.0159 e. The molecule has 8 aromatic rings. The van der Waals surface area contributed by atoms with Crippen LogP contribution in [-0.2, 0) is 5.41 Å². The van der Waals surface area contributed by atoms with Crippen molar-refractivity contribution in [2.45, 2.75) is 59.8 Å². The fraction of sp³-hybridized carbons (Fsp3) is 0.176. The van der Waals surface area contributed by atoms with E-state index in [1.165, 1.54) is 112 Å². The second kappa shape index (κ2) is 13.0. The third-order valence-electron chi connectivity index (χ3n) is 11.2. The molecule has 0 bridgehead atoms. The summed E-state index contributed by atoms with van der Waals surface area (Å²) in [7, 11) is 0. The van der Waals surface area contributed by atoms with Crippen LogP contribution in [0.1, 0.15) is 62.8 Å². The summed E-state index contributed by atoms with van der Waals surface area (Å²) in [6, 6.07) is 54.5. The van der Waals surface area contributed by atoms with E-state index in [1.54, 1.807) is 0 Å². The highest BCUT2D eigenvalue weighted by Crippen LogP contribution is 2.52. The number of rotatable bonds is 4. The molecule has 0 nitrogen and oxygen atoms in total. The molecule has 250 valence electrons. The van der Waals surface area contributed by atoms with Crippen molar-refractivity contribution >= 4 is 32.3 Å². The summed E-state index contributed by atoms with van der Waals surface area (Å²) < 4.78 is 0. The van der Waals surface area contributed by atoms with Crippen molar-refractivity contribution in [1.82, 2.24) is 0 Å². The lowest BCUT2D eigenvalue weighted by Gasteiger charge is -2.22. The van der Waals surface area contributed by atoms with E-state index in [-0.39, 0.29) is 5.41 Å². The van der Waals surface area contributed by atoms with E-state index in [0.717, 1.165) is 0 Å². The van der Waals surface area contributed by atoms with Crippen LogP contribution in [0.15, 0.2) is 146 Å². The molecule has 0 saturated carbocycles. The van der Waals surface area contributed by atoms with Gasteiger partial charge in [0.1, 0.15) is 0 Å². The highest BCUT2D eigenvalue weighted by Gasteiger charge is 2.36. The lowest BCUT2D eigenvalue weighted by molar-refractivity contribution is 0.661. The first kappa shape index (κ1) is 32.7. The monoisotopic (exact) mass is 658 g/mol. The van der Waals surface area contributed by atoms with Crippen LogP contribution < -0.4 is 0 Å². The number of aryl methyl sites for hydroxylation is 2. The van der Waals surface area contributed by atoms with Gasteiger partial charge in [-0.3, -0.25) is 0 Å². The van der Waals surface area contributed by atoms with E-state index in [9.17, 15) is 0 Å². The van der Waals surface area contributed by atoms with E-state index in [2.05, 4.69) is 187 Å². The lowest BCUT2D eigenvalue weighted by Crippen LogP contribution is -2.14. The van der Waals surface area contributed by atoms with E-state index >= 15 is 0 Å². The van der Waals surface area contributed by atoms with Gasteiger partial charge in [0.15, 0.2) is 0 Å². The maximum absolute atomic E-state index is 2.47. The van der Waals surface area contributed by atoms with Gasteiger partial charge in [-0.2, -0.15) is 0 Å². The third-order valence-corrected chi connectivity index (χ3v) is 11.2. The molecule has 0 spiro atoms. The molecule has 0 heteroatoms. The fourth-order valence-electron chi connectivity index (χ4n) is 8.29. The van der Waals surface area contributed by atoms with E-state index in [1.807, 2.05) is 0 Å². The van der Waals surface area contributed by atoms with Gasteiger partial charge in [0.2, 0.25) is 0 Å². The number of benzene rings is 8. The van der Waals surface area contributed by atoms with Crippen molar-refractivity contribution < 1.29 is 0 Å². The largest absolute Gasteiger partial charge is 0.0654 e. The number of hydrogen-bond acceptors (Lipinski definition) is 0. The molecule has 0 radical (unpaired) electrons. The third kappa shape index (κ3) is 5.46. The Labute approximate surface area is 303 Å². The molecule has 1 aliphatic carbocycles. The standard InChI is InChI=1S/C47H36.C4H10/c1-29-13-5-8-16-35(29)40-26-33(22-21-30(40)2)45-36-17-9-11-19-38(36)46(39-20-12-10-18-37(39)45)34-23-24-43-41(27-34)42-25-31-14-6-7-15-32(31)28-44(42)47(43,3)4;1-3-4-2/h5-28H,1-4H3;3-4H2,1-2H3. The van der Waals surface area contributed by atoms with E-state index < -0.39 is 0 Å². The smallest absolute Gasteiger partial charge is 0.0159 e. The molecule has 0 unspecified atom stereocenters. The first-order valence-electron chi connectivity index (χ1n) is 18.6. The van der Waals surface area contributed by atoms with Crippen LogP contribution in [0.3, 0.4) is 0 Å². The van der Waals surface area contributed by atoms with Crippen LogP contribution in [0.25, 0.3) is 76.8 Å². The average Bonchev–Trinajstić information content (AvgIpc) is 3.38. The molecule has 0 saturated heterocycles. The summed E-state index contributed by atoms with van der Waals surface area (Å²) in [5, 5.41) is 7.75. The Hall–Kier alpha value is -5.46. The normalized spacial score (nSPS) is 12.8. The highest BCUT2D eigenvalue weighted by atomic mass is 14.4. The van der Waals surface area contributed by atoms with Gasteiger partial charge in [-0.15, -0.1) is 0 Å². The quantitative estimate of drug-likeness (QED) is 0.165. The summed E-state index contributed by atoms with van der Waals surface area (Å²) in [4.78, 5) is 0. The molecule has 0 N–H and O–H groups in total. The Balaban J connectivity index is 0.000000890. The molecule has 0 aromatic heterocycles. The minimum atomic E-state index is -0.0541. The topological polar surface area (TPSA) is 0 Å². The summed E-state index contributed by atoms with van der Waals surface area (Å²) in [6.07, 6.45) is 2.64. The SMILES string of the molecule is CCCC.Cc1ccccc1-c1cc(-c2c3ccccc3c(-c3ccc4c(c3)-c3cc5ccccc5cc3C4(C)C)c3ccccc23)ccc1C. The van der Waals surface area contributed by atoms with Crippen molar-refractivity contribution in [2.75, 3.05) is 0 Å². The second-order valence-electron chi connectivity index (χ2n) is 14.8. The number of fused-ring (bicyclic) bond motifs is 6. The summed E-state index contributed by atoms with van der Waals surface area (Å²) in [5.41, 5.74) is 15.8. The Morgan fingerprint density at radius 1 is 0.392 bits per heavy atom. The summed E-state index contributed by atoms with van der Waals surface area (Å²) >= 11 is 0. The summed E-state index contributed by atoms with van der Waals surface area (Å²) in [5.74, 6) is 0. The van der Waals surface area contributed by atoms with Gasteiger partial charge < -0.3 is 0 Å². The Morgan fingerprint density at radius 2 is 0.843 bits per heavy atom. The lowest BCUT2D eigenvalue weighted by atomic mass is 9.81. The Bertz CT molecular complexity index is 2540. The van der Waals surface area contributed by atoms with Crippen LogP contribution in [-0.4, -0.2) is 0 Å². The van der Waals surface area contributed by atoms with Gasteiger partial charge in [-0.05, 0) is 137 Å². The first-order chi connectivity index (χ1) is 24.8. The molecule has 0 atom stereocenters. The van der Waals surface area contributed by atoms with Crippen molar-refractivity contribution in [3.63, 3.8) is 0 Å². The molecular weight excluding hydrogens is 613 g/mol. The average molecular weight is 659 g/mol. The van der Waals surface area contributed by atoms with Crippen LogP contribution in [0.2, 0.25) is 0 Å². The van der Waals surface area contributed by atoms with Crippen molar-refractivity contribution in [2.24, 2.45) is 0 Å². The zero-order chi connectivity index (χ0) is 35.3. The zero-order valence-corrected chi connectivity index (χ0v) is 30.8. The Kier molecular flexibility index (Phi) is 8.35. The van der Waals surface area contributed by atoms with Gasteiger partial charge in [0.25, 0.3) is 0 Å². The Morgan fingerprint density at radius 3 is 1.41 bits per heavy atom. The highest BCUT2D eigenvalue weighted by molar-refractivity contribution is 6.21. The fourth-order valence-corrected chi connectivity index (χ4v) is 8.29. The molecule has 0 fully saturated rings. The minimum Gasteiger partial charge on any atom is -0.0654 e. The van der Waals surface area contributed by atoms with Crippen molar-refractivity contribution in [3.05, 3.63) is 168 Å². The van der Waals surface area contributed by atoms with Crippen LogP contribution >= 0.6 is 0 Å². The van der Waals surface area contributed by atoms with Crippen LogP contribution in [0.4, 0.5) is 0 Å². The van der Waals surface area contributed by atoms with Gasteiger partial charge in [-0.1, -0.05) is 162 Å². The predicted molar refractivity (Wildman–Crippen MR) is 223 cm³/mol. The number of hydrogen-bond donors (Lipinski definition) is 0. The first-order valence-corrected chi connectivity index (χ1v) is 18.6. The van der Waals surface area contributed by atoms with Crippen LogP contribution in [0.5, 0.6) is 0 Å². The molecule has 1 aliphatic rings. The minimum absolute atomic E-state index is 0.0541. The molecule has 0 aliphatic heterocycles. The van der Waals surface area contributed by atoms with Gasteiger partial charge >= 0.3 is 0 Å². The number of unbranched alkanes of at least 4 members (excludes halogenated alkanes) is 1. The van der Waals surface area contributed by atoms with E-state index in [4.69, 9.17) is 0 Å². The second-order valence-corrected chi connectivity index (χ2v) is 14.8. The molecule has 9 rings (SSSR count). The van der Waals surface area contributed by atoms with Crippen molar-refractivity contribution in [1.29, 1.82) is 0 Å². The predicted octanol–water partition coefficient (Wildman–Crippen LogP) is 14.9. The van der Waals surface area contributed by atoms with Gasteiger partial charge in [0, 0.05) is 5.41 Å². The molecule has 0 amide bonds. The maximum atomic E-state index is 2.47. The zero-order valence-electron chi connectivity index (χ0n) is 30.8. The summed E-state index contributed by atoms with van der Waals surface area (Å²) in [6.45, 7) is 13.5. The van der Waals surface area contributed by atoms with Gasteiger partial charge in [0.05, 0.1) is 0 Å². The van der Waals surface area contributed by atoms with Gasteiger partial charge in [-0.25, -0.2) is 0 Å². The molecule has 0 heterocycles. The van der Waals surface area contributed by atoms with Crippen LogP contribution in [0, 0.1) is 13.8 Å². The van der Waals surface area contributed by atoms with Crippen molar-refractivity contribution in [3.8, 4) is 44.5 Å². The molecule has 51 heavy (non-hydrogen) atoms. The molecule has 8 aromatic carbocycles. The van der Waals surface area contributed by atoms with E-state index in [0.29, 0.717) is 0 Å².